The molecular weight excluding hydrogens is 576 g/mol. The highest BCUT2D eigenvalue weighted by Gasteiger charge is 2.19. The third kappa shape index (κ3) is 10.7. The number of nitro benzene ring substituents is 1. The maximum absolute atomic E-state index is 11.2. The van der Waals surface area contributed by atoms with Crippen molar-refractivity contribution in [1.29, 1.82) is 0 Å². The highest BCUT2D eigenvalue weighted by molar-refractivity contribution is 5.93. The Morgan fingerprint density at radius 1 is 0.756 bits per heavy atom. The van der Waals surface area contributed by atoms with Crippen LogP contribution in [0.25, 0.3) is 11.0 Å². The van der Waals surface area contributed by atoms with Crippen molar-refractivity contribution in [3.05, 3.63) is 52.1 Å². The van der Waals surface area contributed by atoms with Crippen molar-refractivity contribution in [2.45, 2.75) is 77.7 Å². The molecule has 14 heteroatoms. The van der Waals surface area contributed by atoms with Crippen LogP contribution in [0.15, 0.2) is 41.0 Å². The number of fused-ring (bicyclic) bond motifs is 1. The Balaban J connectivity index is 1.22. The van der Waals surface area contributed by atoms with Gasteiger partial charge in [-0.2, -0.15) is 15.0 Å². The summed E-state index contributed by atoms with van der Waals surface area (Å²) in [5, 5.41) is 32.0. The van der Waals surface area contributed by atoms with Gasteiger partial charge < -0.3 is 26.0 Å². The van der Waals surface area contributed by atoms with Crippen LogP contribution in [0.4, 0.5) is 29.2 Å². The van der Waals surface area contributed by atoms with Crippen LogP contribution >= 0.6 is 0 Å². The lowest BCUT2D eigenvalue weighted by Crippen LogP contribution is -2.14. The number of aromatic nitrogens is 5. The molecule has 14 nitrogen and oxygen atoms in total. The van der Waals surface area contributed by atoms with E-state index in [9.17, 15) is 10.1 Å². The van der Waals surface area contributed by atoms with Gasteiger partial charge in [0.25, 0.3) is 0 Å². The third-order valence-corrected chi connectivity index (χ3v) is 7.33. The van der Waals surface area contributed by atoms with Crippen molar-refractivity contribution in [1.82, 2.24) is 25.3 Å². The molecule has 45 heavy (non-hydrogen) atoms. The van der Waals surface area contributed by atoms with E-state index in [0.717, 1.165) is 56.5 Å². The number of rotatable bonds is 22. The van der Waals surface area contributed by atoms with E-state index in [1.54, 1.807) is 13.2 Å². The van der Waals surface area contributed by atoms with Crippen LogP contribution in [0, 0.1) is 10.1 Å². The van der Waals surface area contributed by atoms with Gasteiger partial charge in [-0.1, -0.05) is 64.0 Å². The fourth-order valence-electron chi connectivity index (χ4n) is 4.85. The van der Waals surface area contributed by atoms with Crippen LogP contribution in [-0.2, 0) is 6.54 Å². The molecule has 0 amide bonds. The summed E-state index contributed by atoms with van der Waals surface area (Å²) in [5.74, 6) is 2.41. The molecule has 4 N–H and O–H groups in total. The lowest BCUT2D eigenvalue weighted by molar-refractivity contribution is -0.383. The first-order chi connectivity index (χ1) is 22.1. The van der Waals surface area contributed by atoms with Gasteiger partial charge in [-0.25, -0.2) is 4.63 Å². The first kappa shape index (κ1) is 33.1. The Labute approximate surface area is 263 Å². The Morgan fingerprint density at radius 3 is 2.00 bits per heavy atom. The molecule has 0 unspecified atom stereocenters. The Morgan fingerprint density at radius 2 is 1.36 bits per heavy atom. The molecule has 0 aliphatic heterocycles. The molecular formula is C31H44N10O4. The van der Waals surface area contributed by atoms with Crippen molar-refractivity contribution < 1.29 is 14.3 Å². The predicted octanol–water partition coefficient (Wildman–Crippen LogP) is 6.79. The fourth-order valence-corrected chi connectivity index (χ4v) is 4.85. The van der Waals surface area contributed by atoms with Crippen molar-refractivity contribution in [2.75, 3.05) is 48.0 Å². The molecule has 0 bridgehead atoms. The molecule has 0 atom stereocenters. The first-order valence-electron chi connectivity index (χ1n) is 15.8. The zero-order chi connectivity index (χ0) is 31.7. The number of benzene rings is 2. The standard InChI is InChI=1S/C31H44N10O4/c1-3-4-5-6-7-11-19-33-29-36-30(38-31(37-29)35-22-23-14-13-15-24(21-23)44-2)34-20-12-9-8-10-18-32-25-16-17-26(41(42)43)28-27(25)39-45-40-28/h13-17,21,32H,3-12,18-20,22H2,1-2H3,(H3,33,34,35,36,37,38). The highest BCUT2D eigenvalue weighted by atomic mass is 16.6. The summed E-state index contributed by atoms with van der Waals surface area (Å²) >= 11 is 0. The van der Waals surface area contributed by atoms with Gasteiger partial charge in [0.2, 0.25) is 23.4 Å². The minimum atomic E-state index is -0.491. The summed E-state index contributed by atoms with van der Waals surface area (Å²) in [5.41, 5.74) is 2.13. The number of non-ortho nitro benzene ring substituents is 1. The topological polar surface area (TPSA) is 178 Å². The molecule has 0 fully saturated rings. The van der Waals surface area contributed by atoms with Gasteiger partial charge in [0.1, 0.15) is 5.75 Å². The average molecular weight is 621 g/mol. The van der Waals surface area contributed by atoms with E-state index in [1.165, 1.54) is 38.2 Å². The molecule has 242 valence electrons. The molecule has 2 heterocycles. The van der Waals surface area contributed by atoms with Crippen molar-refractivity contribution >= 4 is 40.3 Å². The van der Waals surface area contributed by atoms with Gasteiger partial charge in [-0.05, 0) is 53.3 Å². The van der Waals surface area contributed by atoms with Crippen molar-refractivity contribution in [2.24, 2.45) is 0 Å². The molecule has 4 aromatic rings. The molecule has 0 aliphatic carbocycles. The molecule has 0 radical (unpaired) electrons. The Kier molecular flexibility index (Phi) is 13.4. The van der Waals surface area contributed by atoms with E-state index in [-0.39, 0.29) is 11.2 Å². The largest absolute Gasteiger partial charge is 0.497 e. The number of methoxy groups -OCH3 is 1. The molecule has 0 aliphatic rings. The fraction of sp³-hybridized carbons (Fsp3) is 0.516. The Hall–Kier alpha value is -4.75. The van der Waals surface area contributed by atoms with Gasteiger partial charge in [-0.3, -0.25) is 10.1 Å². The zero-order valence-electron chi connectivity index (χ0n) is 26.2. The minimum absolute atomic E-state index is 0.122. The lowest BCUT2D eigenvalue weighted by Gasteiger charge is -2.12. The lowest BCUT2D eigenvalue weighted by atomic mass is 10.1. The second kappa shape index (κ2) is 18.1. The number of nitro groups is 1. The normalized spacial score (nSPS) is 11.0. The predicted molar refractivity (Wildman–Crippen MR) is 176 cm³/mol. The maximum atomic E-state index is 11.2. The summed E-state index contributed by atoms with van der Waals surface area (Å²) in [4.78, 5) is 24.5. The number of hydrogen-bond donors (Lipinski definition) is 4. The summed E-state index contributed by atoms with van der Waals surface area (Å²) in [6.07, 6.45) is 11.3. The van der Waals surface area contributed by atoms with Crippen LogP contribution in [-0.4, -0.2) is 56.9 Å². The van der Waals surface area contributed by atoms with Crippen LogP contribution in [0.5, 0.6) is 5.75 Å². The second-order valence-electron chi connectivity index (χ2n) is 10.8. The number of nitrogens with one attached hydrogen (secondary N) is 4. The summed E-state index contributed by atoms with van der Waals surface area (Å²) in [7, 11) is 1.66. The first-order valence-corrected chi connectivity index (χ1v) is 15.8. The highest BCUT2D eigenvalue weighted by Crippen LogP contribution is 2.28. The second-order valence-corrected chi connectivity index (χ2v) is 10.8. The van der Waals surface area contributed by atoms with Crippen LogP contribution in [0.1, 0.15) is 76.7 Å². The van der Waals surface area contributed by atoms with Crippen molar-refractivity contribution in [3.63, 3.8) is 0 Å². The quantitative estimate of drug-likeness (QED) is 0.0410. The van der Waals surface area contributed by atoms with E-state index in [0.29, 0.717) is 42.1 Å². The molecule has 0 saturated carbocycles. The summed E-state index contributed by atoms with van der Waals surface area (Å²) < 4.78 is 10.1. The molecule has 0 spiro atoms. The Bertz CT molecular complexity index is 1480. The summed E-state index contributed by atoms with van der Waals surface area (Å²) in [6, 6.07) is 10.9. The smallest absolute Gasteiger partial charge is 0.300 e. The molecule has 4 rings (SSSR count). The number of hydrogen-bond acceptors (Lipinski definition) is 13. The van der Waals surface area contributed by atoms with E-state index in [2.05, 4.69) is 53.5 Å². The average Bonchev–Trinajstić information content (AvgIpc) is 3.55. The van der Waals surface area contributed by atoms with Crippen molar-refractivity contribution in [3.8, 4) is 5.75 Å². The number of anilines is 4. The van der Waals surface area contributed by atoms with Gasteiger partial charge in [0.15, 0.2) is 5.52 Å². The van der Waals surface area contributed by atoms with Crippen LogP contribution in [0.3, 0.4) is 0 Å². The van der Waals surface area contributed by atoms with Crippen LogP contribution < -0.4 is 26.0 Å². The maximum Gasteiger partial charge on any atom is 0.300 e. The number of ether oxygens (including phenoxy) is 1. The molecule has 0 saturated heterocycles. The van der Waals surface area contributed by atoms with Crippen LogP contribution in [0.2, 0.25) is 0 Å². The minimum Gasteiger partial charge on any atom is -0.497 e. The van der Waals surface area contributed by atoms with Gasteiger partial charge in [0.05, 0.1) is 17.7 Å². The van der Waals surface area contributed by atoms with Gasteiger partial charge in [0, 0.05) is 32.2 Å². The molecule has 2 aromatic heterocycles. The van der Waals surface area contributed by atoms with E-state index in [1.807, 2.05) is 24.3 Å². The van der Waals surface area contributed by atoms with E-state index in [4.69, 9.17) is 9.37 Å². The van der Waals surface area contributed by atoms with Gasteiger partial charge >= 0.3 is 5.69 Å². The van der Waals surface area contributed by atoms with Gasteiger partial charge in [-0.15, -0.1) is 0 Å². The van der Waals surface area contributed by atoms with E-state index >= 15 is 0 Å². The summed E-state index contributed by atoms with van der Waals surface area (Å²) in [6.45, 7) is 5.04. The number of nitrogens with zero attached hydrogens (tertiary/aromatic N) is 6. The number of unbranched alkanes of at least 4 members (excludes halogenated alkanes) is 8. The van der Waals surface area contributed by atoms with E-state index < -0.39 is 4.92 Å². The zero-order valence-corrected chi connectivity index (χ0v) is 26.2. The third-order valence-electron chi connectivity index (χ3n) is 7.33. The monoisotopic (exact) mass is 620 g/mol. The molecule has 2 aromatic carbocycles. The SMILES string of the molecule is CCCCCCCCNc1nc(NCCCCCCNc2ccc([N+](=O)[O-])c3nonc23)nc(NCc2cccc(OC)c2)n1.